The first kappa shape index (κ1) is 39.3. The van der Waals surface area contributed by atoms with Crippen LogP contribution in [0.2, 0.25) is 0 Å². The fourth-order valence-corrected chi connectivity index (χ4v) is 11.4. The van der Waals surface area contributed by atoms with Gasteiger partial charge >= 0.3 is 0 Å². The Labute approximate surface area is 384 Å². The van der Waals surface area contributed by atoms with E-state index in [0.29, 0.717) is 17.5 Å². The van der Waals surface area contributed by atoms with Gasteiger partial charge in [0.1, 0.15) is 11.2 Å². The SMILES string of the molecule is c1ccc(-c2nc(-c3ccccc3)nc(-c3ccc(-c4ccc(-c5cc6c(oc7cccc(-c8ccc(P(c9ccccc9)c9ccccc9)cc8)c76)c6ccccc56)cc4)cc3)n2)cc1. The number of nitrogens with zero attached hydrogens (tertiary/aromatic N) is 3. The quantitative estimate of drug-likeness (QED) is 0.136. The van der Waals surface area contributed by atoms with Gasteiger partial charge in [0.2, 0.25) is 0 Å². The summed E-state index contributed by atoms with van der Waals surface area (Å²) in [5, 5.41) is 8.49. The lowest BCUT2D eigenvalue weighted by molar-refractivity contribution is 0.673. The summed E-state index contributed by atoms with van der Waals surface area (Å²) in [6.45, 7) is 0. The van der Waals surface area contributed by atoms with Crippen LogP contribution in [0.5, 0.6) is 0 Å². The van der Waals surface area contributed by atoms with Crippen molar-refractivity contribution in [2.45, 2.75) is 0 Å². The molecule has 0 saturated heterocycles. The smallest absolute Gasteiger partial charge is 0.164 e. The third-order valence-corrected chi connectivity index (χ3v) is 14.8. The molecule has 0 fully saturated rings. The normalized spacial score (nSPS) is 11.5. The van der Waals surface area contributed by atoms with Crippen molar-refractivity contribution in [3.63, 3.8) is 0 Å². The summed E-state index contributed by atoms with van der Waals surface area (Å²) in [7, 11) is -0.703. The van der Waals surface area contributed by atoms with Gasteiger partial charge in [-0.25, -0.2) is 15.0 Å². The highest BCUT2D eigenvalue weighted by atomic mass is 31.1. The van der Waals surface area contributed by atoms with E-state index in [2.05, 4.69) is 182 Å². The molecule has 12 rings (SSSR count). The largest absolute Gasteiger partial charge is 0.455 e. The summed E-state index contributed by atoms with van der Waals surface area (Å²) in [5.74, 6) is 1.94. The Hall–Kier alpha value is -8.30. The van der Waals surface area contributed by atoms with Crippen molar-refractivity contribution in [1.29, 1.82) is 0 Å². The van der Waals surface area contributed by atoms with Crippen LogP contribution in [0.4, 0.5) is 0 Å². The number of benzene rings is 10. The van der Waals surface area contributed by atoms with Gasteiger partial charge < -0.3 is 4.42 Å². The van der Waals surface area contributed by atoms with Crippen LogP contribution in [-0.4, -0.2) is 15.0 Å². The van der Waals surface area contributed by atoms with Crippen LogP contribution in [0.15, 0.2) is 247 Å². The minimum Gasteiger partial charge on any atom is -0.455 e. The molecule has 66 heavy (non-hydrogen) atoms. The minimum atomic E-state index is -0.703. The molecule has 0 aliphatic carbocycles. The zero-order chi connectivity index (χ0) is 43.8. The van der Waals surface area contributed by atoms with Gasteiger partial charge in [-0.2, -0.15) is 0 Å². The zero-order valence-corrected chi connectivity index (χ0v) is 36.7. The minimum absolute atomic E-state index is 0.638. The van der Waals surface area contributed by atoms with Crippen molar-refractivity contribution < 1.29 is 4.42 Å². The lowest BCUT2D eigenvalue weighted by Crippen LogP contribution is -2.20. The summed E-state index contributed by atoms with van der Waals surface area (Å²) < 4.78 is 6.76. The predicted molar refractivity (Wildman–Crippen MR) is 276 cm³/mol. The van der Waals surface area contributed by atoms with Gasteiger partial charge in [0.25, 0.3) is 0 Å². The van der Waals surface area contributed by atoms with Gasteiger partial charge in [0.05, 0.1) is 0 Å². The Bertz CT molecular complexity index is 3560. The highest BCUT2D eigenvalue weighted by Crippen LogP contribution is 2.44. The molecule has 0 unspecified atom stereocenters. The second-order valence-corrected chi connectivity index (χ2v) is 18.6. The van der Waals surface area contributed by atoms with Crippen LogP contribution in [0, 0.1) is 0 Å². The second-order valence-electron chi connectivity index (χ2n) is 16.4. The number of hydrogen-bond donors (Lipinski definition) is 0. The summed E-state index contributed by atoms with van der Waals surface area (Å²) in [6, 6.07) is 85.9. The molecular formula is C61H40N3OP. The monoisotopic (exact) mass is 861 g/mol. The molecule has 0 N–H and O–H groups in total. The fraction of sp³-hybridized carbons (Fsp3) is 0. The molecule has 0 radical (unpaired) electrons. The van der Waals surface area contributed by atoms with Crippen LogP contribution in [-0.2, 0) is 0 Å². The van der Waals surface area contributed by atoms with Crippen LogP contribution < -0.4 is 15.9 Å². The summed E-state index contributed by atoms with van der Waals surface area (Å²) in [6.07, 6.45) is 0. The lowest BCUT2D eigenvalue weighted by atomic mass is 9.92. The van der Waals surface area contributed by atoms with Crippen molar-refractivity contribution in [1.82, 2.24) is 15.0 Å². The molecule has 10 aromatic carbocycles. The zero-order valence-electron chi connectivity index (χ0n) is 35.8. The standard InChI is InChI=1S/C61H40N3OP/c1-5-16-45(17-6-1)59-62-60(46-18-7-2-8-19-46)64-61(63-59)47-34-30-42(31-35-47)41-28-32-44(33-29-41)54-40-55-57-51(26-15-27-56(57)65-58(55)53-25-14-13-24-52(53)54)43-36-38-50(39-37-43)66(48-20-9-3-10-21-48)49-22-11-4-12-23-49/h1-40H. The van der Waals surface area contributed by atoms with Gasteiger partial charge in [-0.1, -0.05) is 231 Å². The molecular weight excluding hydrogens is 822 g/mol. The lowest BCUT2D eigenvalue weighted by Gasteiger charge is -2.19. The number of fused-ring (bicyclic) bond motifs is 5. The van der Waals surface area contributed by atoms with E-state index >= 15 is 0 Å². The maximum atomic E-state index is 6.76. The molecule has 310 valence electrons. The molecule has 0 saturated carbocycles. The fourth-order valence-electron chi connectivity index (χ4n) is 9.11. The van der Waals surface area contributed by atoms with Crippen LogP contribution in [0.1, 0.15) is 0 Å². The third kappa shape index (κ3) is 7.34. The molecule has 0 amide bonds. The van der Waals surface area contributed by atoms with E-state index in [1.54, 1.807) is 0 Å². The van der Waals surface area contributed by atoms with Gasteiger partial charge in [-0.15, -0.1) is 0 Å². The van der Waals surface area contributed by atoms with Crippen LogP contribution >= 0.6 is 7.92 Å². The van der Waals surface area contributed by atoms with Gasteiger partial charge in [-0.05, 0) is 74.7 Å². The van der Waals surface area contributed by atoms with Crippen LogP contribution in [0.25, 0.3) is 100 Å². The molecule has 0 spiro atoms. The van der Waals surface area contributed by atoms with Crippen molar-refractivity contribution in [3.05, 3.63) is 243 Å². The summed E-state index contributed by atoms with van der Waals surface area (Å²) in [5.41, 5.74) is 11.5. The summed E-state index contributed by atoms with van der Waals surface area (Å²) in [4.78, 5) is 14.7. The van der Waals surface area contributed by atoms with Crippen molar-refractivity contribution in [2.75, 3.05) is 0 Å². The average Bonchev–Trinajstić information content (AvgIpc) is 3.79. The topological polar surface area (TPSA) is 51.8 Å². The number of hydrogen-bond acceptors (Lipinski definition) is 4. The third-order valence-electron chi connectivity index (χ3n) is 12.3. The first-order valence-electron chi connectivity index (χ1n) is 22.2. The first-order valence-corrected chi connectivity index (χ1v) is 23.5. The Morgan fingerprint density at radius 3 is 1.24 bits per heavy atom. The average molecular weight is 862 g/mol. The molecule has 2 aromatic heterocycles. The Balaban J connectivity index is 0.891. The Kier molecular flexibility index (Phi) is 10.1. The van der Waals surface area contributed by atoms with Crippen molar-refractivity contribution >= 4 is 56.5 Å². The van der Waals surface area contributed by atoms with Crippen molar-refractivity contribution in [3.8, 4) is 67.5 Å². The maximum absolute atomic E-state index is 6.76. The number of furan rings is 1. The van der Waals surface area contributed by atoms with E-state index in [9.17, 15) is 0 Å². The predicted octanol–water partition coefficient (Wildman–Crippen LogP) is 14.7. The molecule has 2 heterocycles. The summed E-state index contributed by atoms with van der Waals surface area (Å²) >= 11 is 0. The van der Waals surface area contributed by atoms with E-state index in [1.807, 2.05) is 60.7 Å². The van der Waals surface area contributed by atoms with E-state index < -0.39 is 7.92 Å². The molecule has 12 aromatic rings. The van der Waals surface area contributed by atoms with Crippen molar-refractivity contribution in [2.24, 2.45) is 0 Å². The molecule has 0 aliphatic rings. The Morgan fingerprint density at radius 2 is 0.697 bits per heavy atom. The van der Waals surface area contributed by atoms with E-state index in [0.717, 1.165) is 77.2 Å². The van der Waals surface area contributed by atoms with Gasteiger partial charge in [-0.3, -0.25) is 0 Å². The Morgan fingerprint density at radius 1 is 0.288 bits per heavy atom. The first-order chi connectivity index (χ1) is 32.7. The molecule has 0 aliphatic heterocycles. The molecule has 4 nitrogen and oxygen atoms in total. The highest BCUT2D eigenvalue weighted by Gasteiger charge is 2.20. The van der Waals surface area contributed by atoms with Gasteiger partial charge in [0.15, 0.2) is 17.5 Å². The molecule has 0 bridgehead atoms. The van der Waals surface area contributed by atoms with E-state index in [4.69, 9.17) is 19.4 Å². The number of aromatic nitrogens is 3. The van der Waals surface area contributed by atoms with E-state index in [1.165, 1.54) is 21.5 Å². The highest BCUT2D eigenvalue weighted by molar-refractivity contribution is 7.79. The molecule has 0 atom stereocenters. The van der Waals surface area contributed by atoms with Crippen LogP contribution in [0.3, 0.4) is 0 Å². The van der Waals surface area contributed by atoms with E-state index in [-0.39, 0.29) is 0 Å². The molecule has 5 heteroatoms. The maximum Gasteiger partial charge on any atom is 0.164 e. The van der Waals surface area contributed by atoms with Gasteiger partial charge in [0, 0.05) is 32.8 Å². The second kappa shape index (κ2) is 17.0. The number of rotatable bonds is 9.